The van der Waals surface area contributed by atoms with Crippen LogP contribution in [0.1, 0.15) is 25.3 Å². The standard InChI is InChI=1S/C12H15N3O5/c1-7-4-8(20-14-7)6-19-9(16)5-15-10(17)12(2,3)13-11(15)18/h4H,5-6H2,1-3H3,(H,13,18). The summed E-state index contributed by atoms with van der Waals surface area (Å²) in [5.41, 5.74) is -0.328. The van der Waals surface area contributed by atoms with Gasteiger partial charge < -0.3 is 14.6 Å². The summed E-state index contributed by atoms with van der Waals surface area (Å²) in [6.45, 7) is 4.35. The number of carbonyl (C=O) groups excluding carboxylic acids is 3. The highest BCUT2D eigenvalue weighted by Gasteiger charge is 2.45. The fourth-order valence-electron chi connectivity index (χ4n) is 1.77. The van der Waals surface area contributed by atoms with Crippen molar-refractivity contribution in [2.24, 2.45) is 0 Å². The molecule has 108 valence electrons. The number of aryl methyl sites for hydroxylation is 1. The van der Waals surface area contributed by atoms with Crippen molar-refractivity contribution in [3.8, 4) is 0 Å². The second kappa shape index (κ2) is 4.95. The molecule has 1 saturated heterocycles. The number of nitrogens with one attached hydrogen (secondary N) is 1. The van der Waals surface area contributed by atoms with Crippen molar-refractivity contribution < 1.29 is 23.6 Å². The average molecular weight is 281 g/mol. The molecule has 1 aromatic heterocycles. The van der Waals surface area contributed by atoms with Crippen molar-refractivity contribution in [3.63, 3.8) is 0 Å². The van der Waals surface area contributed by atoms with Crippen molar-refractivity contribution in [2.75, 3.05) is 6.54 Å². The van der Waals surface area contributed by atoms with Gasteiger partial charge in [-0.25, -0.2) is 4.79 Å². The van der Waals surface area contributed by atoms with Gasteiger partial charge in [-0.2, -0.15) is 0 Å². The summed E-state index contributed by atoms with van der Waals surface area (Å²) in [5.74, 6) is -0.761. The number of carbonyl (C=O) groups is 3. The van der Waals surface area contributed by atoms with E-state index < -0.39 is 30.0 Å². The number of ether oxygens (including phenoxy) is 1. The molecule has 1 aromatic rings. The quantitative estimate of drug-likeness (QED) is 0.631. The van der Waals surface area contributed by atoms with E-state index in [4.69, 9.17) is 9.26 Å². The number of amides is 3. The number of esters is 1. The van der Waals surface area contributed by atoms with Crippen molar-refractivity contribution in [2.45, 2.75) is 32.9 Å². The fourth-order valence-corrected chi connectivity index (χ4v) is 1.77. The Kier molecular flexibility index (Phi) is 3.47. The van der Waals surface area contributed by atoms with E-state index in [0.717, 1.165) is 4.90 Å². The molecule has 0 saturated carbocycles. The van der Waals surface area contributed by atoms with E-state index in [-0.39, 0.29) is 6.61 Å². The molecule has 1 N–H and O–H groups in total. The minimum absolute atomic E-state index is 0.0906. The van der Waals surface area contributed by atoms with E-state index in [0.29, 0.717) is 11.5 Å². The van der Waals surface area contributed by atoms with E-state index >= 15 is 0 Å². The van der Waals surface area contributed by atoms with Crippen LogP contribution in [0, 0.1) is 6.92 Å². The molecule has 0 radical (unpaired) electrons. The number of hydrogen-bond acceptors (Lipinski definition) is 6. The van der Waals surface area contributed by atoms with E-state index in [1.807, 2.05) is 0 Å². The maximum atomic E-state index is 11.9. The van der Waals surface area contributed by atoms with Crippen molar-refractivity contribution in [1.82, 2.24) is 15.4 Å². The van der Waals surface area contributed by atoms with Crippen molar-refractivity contribution >= 4 is 17.9 Å². The average Bonchev–Trinajstić information content (AvgIpc) is 2.84. The lowest BCUT2D eigenvalue weighted by Crippen LogP contribution is -2.41. The van der Waals surface area contributed by atoms with E-state index in [1.165, 1.54) is 0 Å². The topological polar surface area (TPSA) is 102 Å². The summed E-state index contributed by atoms with van der Waals surface area (Å²) >= 11 is 0. The molecule has 0 aromatic carbocycles. The summed E-state index contributed by atoms with van der Waals surface area (Å²) < 4.78 is 9.79. The second-order valence-electron chi connectivity index (χ2n) is 5.04. The van der Waals surface area contributed by atoms with Gasteiger partial charge in [0.05, 0.1) is 5.69 Å². The maximum Gasteiger partial charge on any atom is 0.326 e. The number of rotatable bonds is 4. The Morgan fingerprint density at radius 2 is 2.20 bits per heavy atom. The van der Waals surface area contributed by atoms with Gasteiger partial charge in [-0.1, -0.05) is 5.16 Å². The smallest absolute Gasteiger partial charge is 0.326 e. The summed E-state index contributed by atoms with van der Waals surface area (Å²) in [4.78, 5) is 35.9. The lowest BCUT2D eigenvalue weighted by molar-refractivity contribution is -0.149. The van der Waals surface area contributed by atoms with Gasteiger partial charge in [0.1, 0.15) is 12.1 Å². The largest absolute Gasteiger partial charge is 0.456 e. The maximum absolute atomic E-state index is 11.9. The molecular weight excluding hydrogens is 266 g/mol. The summed E-state index contributed by atoms with van der Waals surface area (Å²) in [5, 5.41) is 6.12. The lowest BCUT2D eigenvalue weighted by atomic mass is 10.1. The monoisotopic (exact) mass is 281 g/mol. The van der Waals surface area contributed by atoms with Gasteiger partial charge in [-0.05, 0) is 20.8 Å². The molecule has 8 nitrogen and oxygen atoms in total. The van der Waals surface area contributed by atoms with Crippen LogP contribution in [0.2, 0.25) is 0 Å². The Hall–Kier alpha value is -2.38. The minimum Gasteiger partial charge on any atom is -0.456 e. The van der Waals surface area contributed by atoms with Gasteiger partial charge in [-0.3, -0.25) is 14.5 Å². The molecule has 20 heavy (non-hydrogen) atoms. The SMILES string of the molecule is Cc1cc(COC(=O)CN2C(=O)NC(C)(C)C2=O)on1. The molecule has 1 aliphatic heterocycles. The Morgan fingerprint density at radius 1 is 1.50 bits per heavy atom. The zero-order valence-corrected chi connectivity index (χ0v) is 11.4. The molecule has 3 amide bonds. The fraction of sp³-hybridized carbons (Fsp3) is 0.500. The summed E-state index contributed by atoms with van der Waals surface area (Å²) in [7, 11) is 0. The normalized spacial score (nSPS) is 17.2. The third-order valence-electron chi connectivity index (χ3n) is 2.78. The molecule has 0 atom stereocenters. The van der Waals surface area contributed by atoms with Crippen LogP contribution in [0.25, 0.3) is 0 Å². The first kappa shape index (κ1) is 14.0. The molecule has 0 unspecified atom stereocenters. The first-order valence-electron chi connectivity index (χ1n) is 6.01. The zero-order chi connectivity index (χ0) is 14.9. The highest BCUT2D eigenvalue weighted by atomic mass is 16.5. The van der Waals surface area contributed by atoms with E-state index in [1.54, 1.807) is 26.8 Å². The Bertz CT molecular complexity index is 563. The number of nitrogens with zero attached hydrogens (tertiary/aromatic N) is 2. The molecule has 0 spiro atoms. The van der Waals surface area contributed by atoms with Gasteiger partial charge >= 0.3 is 12.0 Å². The van der Waals surface area contributed by atoms with Crippen LogP contribution in [0.5, 0.6) is 0 Å². The molecule has 1 fully saturated rings. The summed E-state index contributed by atoms with van der Waals surface area (Å²) in [6, 6.07) is 1.02. The Morgan fingerprint density at radius 3 is 2.70 bits per heavy atom. The van der Waals surface area contributed by atoms with Crippen LogP contribution < -0.4 is 5.32 Å². The third-order valence-corrected chi connectivity index (χ3v) is 2.78. The predicted octanol–water partition coefficient (Wildman–Crippen LogP) is 0.357. The van der Waals surface area contributed by atoms with Crippen molar-refractivity contribution in [3.05, 3.63) is 17.5 Å². The van der Waals surface area contributed by atoms with E-state index in [9.17, 15) is 14.4 Å². The van der Waals surface area contributed by atoms with Crippen LogP contribution in [-0.4, -0.2) is 40.0 Å². The number of imide groups is 1. The van der Waals surface area contributed by atoms with Gasteiger partial charge in [0.2, 0.25) is 0 Å². The van der Waals surface area contributed by atoms with Crippen molar-refractivity contribution in [1.29, 1.82) is 0 Å². The molecule has 2 rings (SSSR count). The molecular formula is C12H15N3O5. The Labute approximate surface area is 115 Å². The number of aromatic nitrogens is 1. The highest BCUT2D eigenvalue weighted by Crippen LogP contribution is 2.16. The molecule has 0 bridgehead atoms. The second-order valence-corrected chi connectivity index (χ2v) is 5.04. The van der Waals surface area contributed by atoms with Crippen LogP contribution in [0.3, 0.4) is 0 Å². The predicted molar refractivity (Wildman–Crippen MR) is 65.4 cm³/mol. The van der Waals surface area contributed by atoms with Crippen LogP contribution in [0.4, 0.5) is 4.79 Å². The first-order chi connectivity index (χ1) is 9.29. The third kappa shape index (κ3) is 2.79. The lowest BCUT2D eigenvalue weighted by Gasteiger charge is -2.15. The van der Waals surface area contributed by atoms with Crippen LogP contribution in [-0.2, 0) is 20.9 Å². The number of hydrogen-bond donors (Lipinski definition) is 1. The summed E-state index contributed by atoms with van der Waals surface area (Å²) in [6.07, 6.45) is 0. The Balaban J connectivity index is 1.89. The number of urea groups is 1. The van der Waals surface area contributed by atoms with Crippen LogP contribution in [0.15, 0.2) is 10.6 Å². The van der Waals surface area contributed by atoms with Gasteiger partial charge in [0, 0.05) is 6.07 Å². The molecule has 2 heterocycles. The van der Waals surface area contributed by atoms with Gasteiger partial charge in [0.15, 0.2) is 12.4 Å². The molecule has 0 aliphatic carbocycles. The zero-order valence-electron chi connectivity index (χ0n) is 11.4. The first-order valence-corrected chi connectivity index (χ1v) is 6.01. The van der Waals surface area contributed by atoms with Crippen LogP contribution >= 0.6 is 0 Å². The minimum atomic E-state index is -1.00. The van der Waals surface area contributed by atoms with E-state index in [2.05, 4.69) is 10.5 Å². The highest BCUT2D eigenvalue weighted by molar-refractivity contribution is 6.08. The van der Waals surface area contributed by atoms with Gasteiger partial charge in [-0.15, -0.1) is 0 Å². The van der Waals surface area contributed by atoms with Gasteiger partial charge in [0.25, 0.3) is 5.91 Å². The molecule has 8 heteroatoms. The molecule has 1 aliphatic rings.